The van der Waals surface area contributed by atoms with Gasteiger partial charge in [0.05, 0.1) is 12.8 Å². The van der Waals surface area contributed by atoms with Crippen LogP contribution in [-0.2, 0) is 11.2 Å². The smallest absolute Gasteiger partial charge is 0.224 e. The quantitative estimate of drug-likeness (QED) is 0.700. The molecule has 0 bridgehead atoms. The summed E-state index contributed by atoms with van der Waals surface area (Å²) in [6, 6.07) is 15.6. The van der Waals surface area contributed by atoms with Gasteiger partial charge in [-0.15, -0.1) is 11.3 Å². The third-order valence-electron chi connectivity index (χ3n) is 3.83. The molecule has 1 N–H and O–H groups in total. The third kappa shape index (κ3) is 4.67. The summed E-state index contributed by atoms with van der Waals surface area (Å²) in [5, 5.41) is 5.88. The lowest BCUT2D eigenvalue weighted by Gasteiger charge is -2.04. The molecule has 0 fully saturated rings. The first-order valence-electron chi connectivity index (χ1n) is 8.09. The van der Waals surface area contributed by atoms with Crippen LogP contribution in [0.3, 0.4) is 0 Å². The summed E-state index contributed by atoms with van der Waals surface area (Å²) in [7, 11) is 1.65. The molecule has 3 rings (SSSR count). The van der Waals surface area contributed by atoms with Crippen LogP contribution in [0.1, 0.15) is 17.7 Å². The number of aryl methyl sites for hydroxylation is 2. The molecule has 0 aliphatic heterocycles. The van der Waals surface area contributed by atoms with E-state index in [-0.39, 0.29) is 5.91 Å². The zero-order valence-corrected chi connectivity index (χ0v) is 15.1. The van der Waals surface area contributed by atoms with Crippen molar-refractivity contribution in [1.82, 2.24) is 4.98 Å². The first kappa shape index (κ1) is 17.2. The topological polar surface area (TPSA) is 51.2 Å². The van der Waals surface area contributed by atoms with Crippen LogP contribution in [0.25, 0.3) is 10.6 Å². The molecule has 0 unspecified atom stereocenters. The number of methoxy groups -OCH3 is 1. The number of hydrogen-bond donors (Lipinski definition) is 1. The van der Waals surface area contributed by atoms with Gasteiger partial charge in [0.2, 0.25) is 5.91 Å². The lowest BCUT2D eigenvalue weighted by atomic mass is 10.2. The Hall–Kier alpha value is -2.66. The highest BCUT2D eigenvalue weighted by Gasteiger charge is 2.08. The van der Waals surface area contributed by atoms with Crippen LogP contribution in [0.4, 0.5) is 5.69 Å². The van der Waals surface area contributed by atoms with Gasteiger partial charge >= 0.3 is 0 Å². The van der Waals surface area contributed by atoms with E-state index < -0.39 is 0 Å². The van der Waals surface area contributed by atoms with Crippen molar-refractivity contribution in [3.05, 3.63) is 65.2 Å². The molecular weight excluding hydrogens is 332 g/mol. The molecule has 0 saturated carbocycles. The number of anilines is 1. The minimum Gasteiger partial charge on any atom is -0.497 e. The second-order valence-corrected chi connectivity index (χ2v) is 6.64. The molecule has 4 nitrogen and oxygen atoms in total. The van der Waals surface area contributed by atoms with Crippen LogP contribution in [0.15, 0.2) is 53.9 Å². The Bertz CT molecular complexity index is 839. The molecule has 5 heteroatoms. The zero-order valence-electron chi connectivity index (χ0n) is 14.3. The van der Waals surface area contributed by atoms with E-state index >= 15 is 0 Å². The normalized spacial score (nSPS) is 10.5. The molecule has 1 aromatic heterocycles. The number of nitrogens with one attached hydrogen (secondary N) is 1. The highest BCUT2D eigenvalue weighted by molar-refractivity contribution is 7.13. The van der Waals surface area contributed by atoms with E-state index in [2.05, 4.69) is 10.3 Å². The van der Waals surface area contributed by atoms with Gasteiger partial charge in [-0.25, -0.2) is 4.98 Å². The van der Waals surface area contributed by atoms with E-state index in [1.54, 1.807) is 18.4 Å². The Morgan fingerprint density at radius 3 is 2.52 bits per heavy atom. The maximum atomic E-state index is 12.1. The standard InChI is InChI=1S/C20H20N2O2S/c1-14-3-7-16(8-4-14)21-19(23)12-9-17-13-25-20(22-17)15-5-10-18(24-2)11-6-15/h3-8,10-11,13H,9,12H2,1-2H3,(H,21,23). The van der Waals surface area contributed by atoms with Gasteiger partial charge in [-0.2, -0.15) is 0 Å². The van der Waals surface area contributed by atoms with Gasteiger partial charge < -0.3 is 10.1 Å². The van der Waals surface area contributed by atoms with Crippen molar-refractivity contribution in [2.45, 2.75) is 19.8 Å². The van der Waals surface area contributed by atoms with Gasteiger partial charge in [0, 0.05) is 23.1 Å². The first-order chi connectivity index (χ1) is 12.1. The minimum absolute atomic E-state index is 0.00264. The van der Waals surface area contributed by atoms with Crippen molar-refractivity contribution in [3.63, 3.8) is 0 Å². The predicted molar refractivity (Wildman–Crippen MR) is 102 cm³/mol. The Morgan fingerprint density at radius 1 is 1.12 bits per heavy atom. The van der Waals surface area contributed by atoms with Gasteiger partial charge in [0.25, 0.3) is 0 Å². The summed E-state index contributed by atoms with van der Waals surface area (Å²) in [4.78, 5) is 16.7. The molecule has 0 radical (unpaired) electrons. The average Bonchev–Trinajstić information content (AvgIpc) is 3.11. The maximum Gasteiger partial charge on any atom is 0.224 e. The van der Waals surface area contributed by atoms with Crippen LogP contribution in [0.5, 0.6) is 5.75 Å². The largest absolute Gasteiger partial charge is 0.497 e. The van der Waals surface area contributed by atoms with E-state index in [4.69, 9.17) is 4.74 Å². The number of hydrogen-bond acceptors (Lipinski definition) is 4. The number of carbonyl (C=O) groups excluding carboxylic acids is 1. The number of nitrogens with zero attached hydrogens (tertiary/aromatic N) is 1. The summed E-state index contributed by atoms with van der Waals surface area (Å²) in [5.41, 5.74) is 4.00. The Kier molecular flexibility index (Phi) is 5.46. The Balaban J connectivity index is 1.55. The van der Waals surface area contributed by atoms with Crippen LogP contribution in [0, 0.1) is 6.92 Å². The highest BCUT2D eigenvalue weighted by atomic mass is 32.1. The van der Waals surface area contributed by atoms with E-state index in [0.717, 1.165) is 27.7 Å². The zero-order chi connectivity index (χ0) is 17.6. The van der Waals surface area contributed by atoms with Crippen molar-refractivity contribution in [1.29, 1.82) is 0 Å². The molecule has 0 aliphatic carbocycles. The molecule has 25 heavy (non-hydrogen) atoms. The molecule has 128 valence electrons. The SMILES string of the molecule is COc1ccc(-c2nc(CCC(=O)Nc3ccc(C)cc3)cs2)cc1. The fraction of sp³-hybridized carbons (Fsp3) is 0.200. The van der Waals surface area contributed by atoms with Gasteiger partial charge in [0.1, 0.15) is 10.8 Å². The summed E-state index contributed by atoms with van der Waals surface area (Å²) in [5.74, 6) is 0.830. The van der Waals surface area contributed by atoms with Gasteiger partial charge in [-0.05, 0) is 49.7 Å². The van der Waals surface area contributed by atoms with Gasteiger partial charge in [-0.1, -0.05) is 17.7 Å². The number of rotatable bonds is 6. The molecule has 0 saturated heterocycles. The van der Waals surface area contributed by atoms with Crippen molar-refractivity contribution < 1.29 is 9.53 Å². The van der Waals surface area contributed by atoms with Crippen molar-refractivity contribution >= 4 is 22.9 Å². The molecule has 3 aromatic rings. The lowest BCUT2D eigenvalue weighted by Crippen LogP contribution is -2.12. The molecule has 0 spiro atoms. The van der Waals surface area contributed by atoms with Crippen LogP contribution in [0.2, 0.25) is 0 Å². The number of amides is 1. The van der Waals surface area contributed by atoms with E-state index in [0.29, 0.717) is 12.8 Å². The number of ether oxygens (including phenoxy) is 1. The van der Waals surface area contributed by atoms with Crippen LogP contribution in [-0.4, -0.2) is 18.0 Å². The van der Waals surface area contributed by atoms with E-state index in [9.17, 15) is 4.79 Å². The van der Waals surface area contributed by atoms with Gasteiger partial charge in [0.15, 0.2) is 0 Å². The van der Waals surface area contributed by atoms with E-state index in [1.165, 1.54) is 5.56 Å². The number of thiazole rings is 1. The van der Waals surface area contributed by atoms with Crippen molar-refractivity contribution in [2.75, 3.05) is 12.4 Å². The highest BCUT2D eigenvalue weighted by Crippen LogP contribution is 2.26. The minimum atomic E-state index is 0.00264. The summed E-state index contributed by atoms with van der Waals surface area (Å²) in [6.07, 6.45) is 1.05. The predicted octanol–water partition coefficient (Wildman–Crippen LogP) is 4.70. The summed E-state index contributed by atoms with van der Waals surface area (Å²) in [6.45, 7) is 2.02. The lowest BCUT2D eigenvalue weighted by molar-refractivity contribution is -0.116. The maximum absolute atomic E-state index is 12.1. The summed E-state index contributed by atoms with van der Waals surface area (Å²) < 4.78 is 5.17. The Labute approximate surface area is 151 Å². The molecule has 0 atom stereocenters. The monoisotopic (exact) mass is 352 g/mol. The Morgan fingerprint density at radius 2 is 1.84 bits per heavy atom. The van der Waals surface area contributed by atoms with Crippen molar-refractivity contribution in [2.24, 2.45) is 0 Å². The van der Waals surface area contributed by atoms with Crippen LogP contribution < -0.4 is 10.1 Å². The second-order valence-electron chi connectivity index (χ2n) is 5.79. The van der Waals surface area contributed by atoms with Crippen molar-refractivity contribution in [3.8, 4) is 16.3 Å². The molecular formula is C20H20N2O2S. The fourth-order valence-electron chi connectivity index (χ4n) is 2.39. The number of aromatic nitrogens is 1. The average molecular weight is 352 g/mol. The summed E-state index contributed by atoms with van der Waals surface area (Å²) >= 11 is 1.59. The second kappa shape index (κ2) is 7.94. The molecule has 0 aliphatic rings. The van der Waals surface area contributed by atoms with Gasteiger partial charge in [-0.3, -0.25) is 4.79 Å². The molecule has 2 aromatic carbocycles. The van der Waals surface area contributed by atoms with E-state index in [1.807, 2.05) is 60.8 Å². The number of carbonyl (C=O) groups is 1. The first-order valence-corrected chi connectivity index (χ1v) is 8.97. The molecule has 1 amide bonds. The number of benzene rings is 2. The fourth-order valence-corrected chi connectivity index (χ4v) is 3.25. The van der Waals surface area contributed by atoms with Crippen LogP contribution >= 0.6 is 11.3 Å². The molecule has 1 heterocycles. The third-order valence-corrected chi connectivity index (χ3v) is 4.77.